The Morgan fingerprint density at radius 2 is 1.89 bits per heavy atom. The molecule has 8 heteroatoms. The predicted molar refractivity (Wildman–Crippen MR) is 97.1 cm³/mol. The molecule has 1 unspecified atom stereocenters. The Morgan fingerprint density at radius 3 is 2.56 bits per heavy atom. The quantitative estimate of drug-likeness (QED) is 0.847. The highest BCUT2D eigenvalue weighted by atomic mass is 16.5. The van der Waals surface area contributed by atoms with Crippen LogP contribution in [0.15, 0.2) is 18.3 Å². The van der Waals surface area contributed by atoms with Crippen molar-refractivity contribution in [3.05, 3.63) is 24.0 Å². The van der Waals surface area contributed by atoms with Crippen LogP contribution < -0.4 is 5.32 Å². The maximum absolute atomic E-state index is 12.6. The monoisotopic (exact) mass is 371 g/mol. The number of likely N-dealkylation sites (tertiary alicyclic amines) is 1. The summed E-state index contributed by atoms with van der Waals surface area (Å²) >= 11 is 0. The number of aromatic nitrogens is 1. The van der Waals surface area contributed by atoms with Gasteiger partial charge in [0.15, 0.2) is 0 Å². The van der Waals surface area contributed by atoms with Gasteiger partial charge in [0.2, 0.25) is 5.91 Å². The zero-order valence-corrected chi connectivity index (χ0v) is 15.3. The summed E-state index contributed by atoms with van der Waals surface area (Å²) in [5, 5.41) is 12.4. The number of fused-ring (bicyclic) bond motifs is 1. The molecule has 8 nitrogen and oxygen atoms in total. The Hall–Kier alpha value is -2.37. The zero-order valence-electron chi connectivity index (χ0n) is 15.3. The van der Waals surface area contributed by atoms with Gasteiger partial charge in [-0.2, -0.15) is 5.26 Å². The number of urea groups is 1. The summed E-state index contributed by atoms with van der Waals surface area (Å²) in [6.07, 6.45) is 3.60. The van der Waals surface area contributed by atoms with Crippen LogP contribution in [-0.4, -0.2) is 78.3 Å². The van der Waals surface area contributed by atoms with E-state index in [2.05, 4.69) is 5.32 Å². The third-order valence-corrected chi connectivity index (χ3v) is 5.98. The molecule has 144 valence electrons. The first kappa shape index (κ1) is 18.0. The van der Waals surface area contributed by atoms with E-state index < -0.39 is 0 Å². The minimum absolute atomic E-state index is 0.113. The molecule has 1 aromatic rings. The van der Waals surface area contributed by atoms with Gasteiger partial charge >= 0.3 is 6.03 Å². The van der Waals surface area contributed by atoms with Crippen LogP contribution in [0.3, 0.4) is 0 Å². The molecule has 0 radical (unpaired) electrons. The fourth-order valence-electron chi connectivity index (χ4n) is 4.58. The van der Waals surface area contributed by atoms with E-state index in [-0.39, 0.29) is 18.5 Å². The lowest BCUT2D eigenvalue weighted by Gasteiger charge is -2.31. The van der Waals surface area contributed by atoms with Crippen LogP contribution in [0.1, 0.15) is 23.3 Å². The Labute approximate surface area is 158 Å². The number of nitriles is 1. The summed E-state index contributed by atoms with van der Waals surface area (Å²) in [7, 11) is 0. The van der Waals surface area contributed by atoms with Crippen LogP contribution in [0.4, 0.5) is 4.79 Å². The number of carbonyl (C=O) groups is 2. The molecule has 0 aromatic carbocycles. The topological polar surface area (TPSA) is 90.6 Å². The highest BCUT2D eigenvalue weighted by Crippen LogP contribution is 2.38. The summed E-state index contributed by atoms with van der Waals surface area (Å²) in [5.41, 5.74) is 0.363. The SMILES string of the molecule is N#Cc1cccn1C(=O)CNC1C[C@@H]2CN(C(=O)N3CCOCC3)C[C@@H]2C1. The number of carbonyl (C=O) groups excluding carboxylic acids is 2. The second-order valence-corrected chi connectivity index (χ2v) is 7.63. The average molecular weight is 371 g/mol. The molecule has 3 heterocycles. The first-order valence-electron chi connectivity index (χ1n) is 9.61. The standard InChI is InChI=1S/C19H25N5O3/c20-10-17-2-1-3-24(17)18(25)11-21-16-8-14-12-23(13-15(14)9-16)19(26)22-4-6-27-7-5-22/h1-3,14-16,21H,4-9,11-13H2/t14-,15+,16?. The molecule has 0 spiro atoms. The largest absolute Gasteiger partial charge is 0.378 e. The average Bonchev–Trinajstić information content (AvgIpc) is 3.40. The molecule has 1 aromatic heterocycles. The maximum Gasteiger partial charge on any atom is 0.320 e. The van der Waals surface area contributed by atoms with E-state index in [1.54, 1.807) is 18.3 Å². The van der Waals surface area contributed by atoms with Crippen molar-refractivity contribution in [2.24, 2.45) is 11.8 Å². The second kappa shape index (κ2) is 7.71. The molecule has 3 atom stereocenters. The van der Waals surface area contributed by atoms with Crippen LogP contribution in [-0.2, 0) is 4.74 Å². The normalized spacial score (nSPS) is 27.4. The third kappa shape index (κ3) is 3.70. The lowest BCUT2D eigenvalue weighted by molar-refractivity contribution is 0.0445. The number of hydrogen-bond acceptors (Lipinski definition) is 5. The minimum Gasteiger partial charge on any atom is -0.378 e. The van der Waals surface area contributed by atoms with Crippen molar-refractivity contribution in [1.82, 2.24) is 19.7 Å². The van der Waals surface area contributed by atoms with E-state index in [1.165, 1.54) is 4.57 Å². The van der Waals surface area contributed by atoms with Crippen molar-refractivity contribution in [3.8, 4) is 6.07 Å². The minimum atomic E-state index is -0.113. The molecule has 2 aliphatic heterocycles. The lowest BCUT2D eigenvalue weighted by atomic mass is 10.0. The first-order chi connectivity index (χ1) is 13.2. The Morgan fingerprint density at radius 1 is 1.19 bits per heavy atom. The molecule has 27 heavy (non-hydrogen) atoms. The number of rotatable bonds is 3. The highest BCUT2D eigenvalue weighted by Gasteiger charge is 2.43. The van der Waals surface area contributed by atoms with E-state index >= 15 is 0 Å². The van der Waals surface area contributed by atoms with E-state index in [0.29, 0.717) is 49.9 Å². The van der Waals surface area contributed by atoms with E-state index in [1.807, 2.05) is 15.9 Å². The van der Waals surface area contributed by atoms with Gasteiger partial charge in [-0.05, 0) is 36.8 Å². The molecule has 1 saturated carbocycles. The van der Waals surface area contributed by atoms with Crippen molar-refractivity contribution in [1.29, 1.82) is 5.26 Å². The molecule has 3 fully saturated rings. The van der Waals surface area contributed by atoms with Crippen LogP contribution in [0, 0.1) is 23.2 Å². The van der Waals surface area contributed by atoms with Gasteiger partial charge in [-0.15, -0.1) is 0 Å². The van der Waals surface area contributed by atoms with E-state index in [9.17, 15) is 9.59 Å². The molecule has 1 aliphatic carbocycles. The molecule has 4 rings (SSSR count). The van der Waals surface area contributed by atoms with Crippen LogP contribution in [0.25, 0.3) is 0 Å². The number of nitrogens with one attached hydrogen (secondary N) is 1. The fourth-order valence-corrected chi connectivity index (χ4v) is 4.58. The Balaban J connectivity index is 1.25. The van der Waals surface area contributed by atoms with Crippen molar-refractivity contribution in [2.75, 3.05) is 45.9 Å². The van der Waals surface area contributed by atoms with Gasteiger partial charge in [0.1, 0.15) is 11.8 Å². The number of ether oxygens (including phenoxy) is 1. The van der Waals surface area contributed by atoms with Gasteiger partial charge in [0, 0.05) is 38.4 Å². The van der Waals surface area contributed by atoms with Gasteiger partial charge in [-0.1, -0.05) is 0 Å². The molecule has 1 N–H and O–H groups in total. The van der Waals surface area contributed by atoms with Gasteiger partial charge in [-0.3, -0.25) is 9.36 Å². The molecule has 3 aliphatic rings. The lowest BCUT2D eigenvalue weighted by Crippen LogP contribution is -2.48. The van der Waals surface area contributed by atoms with Crippen LogP contribution in [0.5, 0.6) is 0 Å². The summed E-state index contributed by atoms with van der Waals surface area (Å²) in [4.78, 5) is 28.8. The number of amides is 2. The van der Waals surface area contributed by atoms with Crippen LogP contribution >= 0.6 is 0 Å². The molecule has 2 saturated heterocycles. The zero-order chi connectivity index (χ0) is 18.8. The first-order valence-corrected chi connectivity index (χ1v) is 9.61. The van der Waals surface area contributed by atoms with Crippen LogP contribution in [0.2, 0.25) is 0 Å². The number of nitrogens with zero attached hydrogens (tertiary/aromatic N) is 4. The fraction of sp³-hybridized carbons (Fsp3) is 0.632. The molecular formula is C19H25N5O3. The Kier molecular flexibility index (Phi) is 5.14. The highest BCUT2D eigenvalue weighted by molar-refractivity contribution is 5.82. The van der Waals surface area contributed by atoms with E-state index in [4.69, 9.17) is 10.00 Å². The second-order valence-electron chi connectivity index (χ2n) is 7.63. The molecular weight excluding hydrogens is 346 g/mol. The van der Waals surface area contributed by atoms with Gasteiger partial charge in [0.25, 0.3) is 0 Å². The van der Waals surface area contributed by atoms with Crippen molar-refractivity contribution in [3.63, 3.8) is 0 Å². The maximum atomic E-state index is 12.6. The summed E-state index contributed by atoms with van der Waals surface area (Å²) in [6, 6.07) is 5.81. The number of morpholine rings is 1. The predicted octanol–water partition coefficient (Wildman–Crippen LogP) is 0.752. The molecule has 0 bridgehead atoms. The summed E-state index contributed by atoms with van der Waals surface area (Å²) in [5.74, 6) is 0.894. The summed E-state index contributed by atoms with van der Waals surface area (Å²) in [6.45, 7) is 4.46. The smallest absolute Gasteiger partial charge is 0.320 e. The van der Waals surface area contributed by atoms with Gasteiger partial charge in [-0.25, -0.2) is 4.79 Å². The molecule has 2 amide bonds. The summed E-state index contributed by atoms with van der Waals surface area (Å²) < 4.78 is 6.72. The van der Waals surface area contributed by atoms with Gasteiger partial charge in [0.05, 0.1) is 19.8 Å². The number of hydrogen-bond donors (Lipinski definition) is 1. The van der Waals surface area contributed by atoms with Crippen molar-refractivity contribution >= 4 is 11.9 Å². The Bertz CT molecular complexity index is 735. The van der Waals surface area contributed by atoms with Crippen molar-refractivity contribution in [2.45, 2.75) is 18.9 Å². The van der Waals surface area contributed by atoms with E-state index in [0.717, 1.165) is 25.9 Å². The van der Waals surface area contributed by atoms with Gasteiger partial charge < -0.3 is 19.9 Å². The third-order valence-electron chi connectivity index (χ3n) is 5.98. The van der Waals surface area contributed by atoms with Crippen molar-refractivity contribution < 1.29 is 14.3 Å².